The smallest absolute Gasteiger partial charge is 0.305 e. The number of carbonyl (C=O) groups excluding carboxylic acids is 6. The van der Waals surface area contributed by atoms with E-state index >= 15 is 0 Å². The number of hydrogen-bond acceptors (Lipinski definition) is 9. The average Bonchev–Trinajstić information content (AvgIpc) is 3.45. The van der Waals surface area contributed by atoms with Crippen molar-refractivity contribution in [2.24, 2.45) is 11.8 Å². The molecule has 3 fully saturated rings. The molecule has 7 N–H and O–H groups in total. The number of amides is 6. The molecule has 0 aromatic heterocycles. The molecule has 49 heavy (non-hydrogen) atoms. The summed E-state index contributed by atoms with van der Waals surface area (Å²) >= 11 is 0. The number of piperidine rings is 1. The number of aliphatic carboxylic acids is 1. The summed E-state index contributed by atoms with van der Waals surface area (Å²) in [5.41, 5.74) is -0.648. The van der Waals surface area contributed by atoms with E-state index in [1.165, 1.54) is 6.92 Å². The maximum absolute atomic E-state index is 14.1. The van der Waals surface area contributed by atoms with Gasteiger partial charge in [0.25, 0.3) is 0 Å². The molecule has 3 aliphatic rings. The fraction of sp³-hybridized carbons (Fsp3) is 0.788. The zero-order valence-corrected chi connectivity index (χ0v) is 29.7. The molecule has 16 heteroatoms. The Morgan fingerprint density at radius 2 is 1.49 bits per heavy atom. The van der Waals surface area contributed by atoms with Gasteiger partial charge in [0.1, 0.15) is 24.2 Å². The molecule has 276 valence electrons. The Hall–Kier alpha value is -3.79. The SMILES string of the molecule is CC(C)C[C@@H]1NC(=O)C2CCCN(C2)C(=O)[C@@H]2CCCN2[C@H](C(=O)NC(C)(C)C)[C@H](C)NC(=O)[C@H]([C@@H](C)O)NC(=O)[C@H](CC(=O)O)NC1=O. The number of aliphatic hydroxyl groups is 1. The second-order valence-corrected chi connectivity index (χ2v) is 15.1. The lowest BCUT2D eigenvalue weighted by atomic mass is 9.94. The molecule has 16 nitrogen and oxygen atoms in total. The van der Waals surface area contributed by atoms with Gasteiger partial charge in [0.05, 0.1) is 30.5 Å². The van der Waals surface area contributed by atoms with Crippen LogP contribution in [0.4, 0.5) is 0 Å². The van der Waals surface area contributed by atoms with Crippen molar-refractivity contribution < 1.29 is 43.8 Å². The molecule has 0 aromatic rings. The monoisotopic (exact) mass is 693 g/mol. The van der Waals surface area contributed by atoms with Crippen molar-refractivity contribution in [2.45, 2.75) is 135 Å². The van der Waals surface area contributed by atoms with Crippen LogP contribution in [0.15, 0.2) is 0 Å². The lowest BCUT2D eigenvalue weighted by Crippen LogP contribution is -2.65. The molecule has 0 radical (unpaired) electrons. The van der Waals surface area contributed by atoms with Crippen LogP contribution in [0.3, 0.4) is 0 Å². The van der Waals surface area contributed by atoms with Crippen molar-refractivity contribution in [1.82, 2.24) is 36.4 Å². The van der Waals surface area contributed by atoms with Gasteiger partial charge in [-0.15, -0.1) is 0 Å². The minimum absolute atomic E-state index is 0.0732. The number of fused-ring (bicyclic) bond motifs is 3. The quantitative estimate of drug-likeness (QED) is 0.177. The molecule has 3 rings (SSSR count). The van der Waals surface area contributed by atoms with Crippen molar-refractivity contribution in [1.29, 1.82) is 0 Å². The van der Waals surface area contributed by atoms with Gasteiger partial charge >= 0.3 is 5.97 Å². The first-order valence-corrected chi connectivity index (χ1v) is 17.3. The van der Waals surface area contributed by atoms with E-state index in [4.69, 9.17) is 0 Å². The molecule has 0 spiro atoms. The summed E-state index contributed by atoms with van der Waals surface area (Å²) in [4.78, 5) is 97.3. The molecule has 1 unspecified atom stereocenters. The van der Waals surface area contributed by atoms with Crippen LogP contribution in [-0.2, 0) is 33.6 Å². The van der Waals surface area contributed by atoms with E-state index in [-0.39, 0.29) is 24.8 Å². The lowest BCUT2D eigenvalue weighted by Gasteiger charge is -2.40. The number of nitrogens with one attached hydrogen (secondary N) is 5. The predicted molar refractivity (Wildman–Crippen MR) is 178 cm³/mol. The molecule has 3 heterocycles. The first-order chi connectivity index (χ1) is 22.8. The summed E-state index contributed by atoms with van der Waals surface area (Å²) in [6.07, 6.45) is -0.0357. The molecular weight excluding hydrogens is 638 g/mol. The van der Waals surface area contributed by atoms with Gasteiger partial charge in [-0.2, -0.15) is 0 Å². The summed E-state index contributed by atoms with van der Waals surface area (Å²) in [5.74, 6) is -5.89. The third-order valence-corrected chi connectivity index (χ3v) is 9.07. The first kappa shape index (κ1) is 39.6. The Bertz CT molecular complexity index is 1270. The molecule has 3 saturated heterocycles. The van der Waals surface area contributed by atoms with Gasteiger partial charge in [0.15, 0.2) is 0 Å². The van der Waals surface area contributed by atoms with Crippen molar-refractivity contribution in [3.8, 4) is 0 Å². The second kappa shape index (κ2) is 16.7. The number of carbonyl (C=O) groups is 7. The van der Waals surface area contributed by atoms with Crippen LogP contribution >= 0.6 is 0 Å². The molecule has 0 saturated carbocycles. The van der Waals surface area contributed by atoms with Crippen LogP contribution < -0.4 is 26.6 Å². The summed E-state index contributed by atoms with van der Waals surface area (Å²) in [6, 6.07) is -7.01. The Kier molecular flexibility index (Phi) is 13.5. The zero-order chi connectivity index (χ0) is 36.8. The standard InChI is InChI=1S/C33H55N7O9/c1-17(2)14-21-28(45)36-22(15-24(42)43)29(46)37-25(19(4)41)30(47)34-18(3)26(31(48)38-33(5,6)7)40-13-9-11-23(40)32(49)39-12-8-10-20(16-39)27(44)35-21/h17-23,25-26,41H,8-16H2,1-7H3,(H,34,47)(H,35,44)(H,36,45)(H,37,46)(H,38,48)(H,42,43)/t18-,19+,20?,21-,22-,23-,25-,26-/m0/s1. The fourth-order valence-electron chi connectivity index (χ4n) is 6.80. The van der Waals surface area contributed by atoms with E-state index in [1.54, 1.807) is 37.5 Å². The second-order valence-electron chi connectivity index (χ2n) is 15.1. The maximum atomic E-state index is 14.1. The largest absolute Gasteiger partial charge is 0.481 e. The van der Waals surface area contributed by atoms with Crippen LogP contribution in [0.5, 0.6) is 0 Å². The zero-order valence-electron chi connectivity index (χ0n) is 29.7. The summed E-state index contributed by atoms with van der Waals surface area (Å²) in [5, 5.41) is 33.4. The summed E-state index contributed by atoms with van der Waals surface area (Å²) < 4.78 is 0. The van der Waals surface area contributed by atoms with Crippen molar-refractivity contribution >= 4 is 41.4 Å². The van der Waals surface area contributed by atoms with Gasteiger partial charge in [-0.3, -0.25) is 38.5 Å². The molecule has 8 atom stereocenters. The van der Waals surface area contributed by atoms with E-state index in [9.17, 15) is 43.8 Å². The highest BCUT2D eigenvalue weighted by Crippen LogP contribution is 2.27. The van der Waals surface area contributed by atoms with Crippen molar-refractivity contribution in [2.75, 3.05) is 19.6 Å². The van der Waals surface area contributed by atoms with Gasteiger partial charge in [-0.1, -0.05) is 13.8 Å². The minimum Gasteiger partial charge on any atom is -0.481 e. The number of hydrogen-bond donors (Lipinski definition) is 7. The molecule has 2 bridgehead atoms. The van der Waals surface area contributed by atoms with E-state index in [0.29, 0.717) is 38.8 Å². The number of rotatable bonds is 6. The van der Waals surface area contributed by atoms with Gasteiger partial charge in [0.2, 0.25) is 35.4 Å². The Morgan fingerprint density at radius 3 is 2.08 bits per heavy atom. The first-order valence-electron chi connectivity index (χ1n) is 17.3. The van der Waals surface area contributed by atoms with Gasteiger partial charge in [-0.05, 0) is 79.2 Å². The normalized spacial score (nSPS) is 30.5. The maximum Gasteiger partial charge on any atom is 0.305 e. The summed E-state index contributed by atoms with van der Waals surface area (Å²) in [7, 11) is 0. The lowest BCUT2D eigenvalue weighted by molar-refractivity contribution is -0.143. The highest BCUT2D eigenvalue weighted by molar-refractivity contribution is 5.96. The van der Waals surface area contributed by atoms with E-state index in [0.717, 1.165) is 0 Å². The van der Waals surface area contributed by atoms with Crippen molar-refractivity contribution in [3.05, 3.63) is 0 Å². The van der Waals surface area contributed by atoms with E-state index in [1.807, 2.05) is 13.8 Å². The number of carboxylic acid groups (broad SMARTS) is 1. The van der Waals surface area contributed by atoms with Crippen LogP contribution in [0, 0.1) is 11.8 Å². The third kappa shape index (κ3) is 10.8. The molecule has 0 aliphatic carbocycles. The molecule has 6 amide bonds. The summed E-state index contributed by atoms with van der Waals surface area (Å²) in [6.45, 7) is 12.9. The number of carboxylic acids is 1. The topological polar surface area (TPSA) is 227 Å². The molecular formula is C33H55N7O9. The minimum atomic E-state index is -1.65. The highest BCUT2D eigenvalue weighted by atomic mass is 16.4. The number of nitrogens with zero attached hydrogens (tertiary/aromatic N) is 2. The van der Waals surface area contributed by atoms with Crippen molar-refractivity contribution in [3.63, 3.8) is 0 Å². The third-order valence-electron chi connectivity index (χ3n) is 9.07. The fourth-order valence-corrected chi connectivity index (χ4v) is 6.80. The Morgan fingerprint density at radius 1 is 0.878 bits per heavy atom. The van der Waals surface area contributed by atoms with E-state index in [2.05, 4.69) is 26.6 Å². The van der Waals surface area contributed by atoms with Crippen LogP contribution in [0.25, 0.3) is 0 Å². The Labute approximate surface area is 287 Å². The number of aliphatic hydroxyl groups excluding tert-OH is 1. The molecule has 0 aromatic carbocycles. The van der Waals surface area contributed by atoms with Gasteiger partial charge in [0, 0.05) is 18.6 Å². The van der Waals surface area contributed by atoms with Crippen LogP contribution in [0.2, 0.25) is 0 Å². The van der Waals surface area contributed by atoms with Gasteiger partial charge in [-0.25, -0.2) is 0 Å². The van der Waals surface area contributed by atoms with Crippen LogP contribution in [-0.4, -0.2) is 129 Å². The van der Waals surface area contributed by atoms with Crippen LogP contribution in [0.1, 0.15) is 87.0 Å². The predicted octanol–water partition coefficient (Wildman–Crippen LogP) is -1.15. The Balaban J connectivity index is 2.09. The molecule has 3 aliphatic heterocycles. The van der Waals surface area contributed by atoms with Gasteiger partial charge < -0.3 is 41.7 Å². The van der Waals surface area contributed by atoms with E-state index < -0.39 is 95.7 Å². The highest BCUT2D eigenvalue weighted by Gasteiger charge is 2.45. The average molecular weight is 694 g/mol.